The van der Waals surface area contributed by atoms with E-state index in [2.05, 4.69) is 15.9 Å². The smallest absolute Gasteiger partial charge is 0.213 e. The van der Waals surface area contributed by atoms with E-state index in [1.807, 2.05) is 30.3 Å². The Labute approximate surface area is 115 Å². The maximum atomic E-state index is 12.2. The van der Waals surface area contributed by atoms with Crippen molar-refractivity contribution >= 4 is 31.8 Å². The Kier molecular flexibility index (Phi) is 3.99. The van der Waals surface area contributed by atoms with E-state index in [1.54, 1.807) is 36.4 Å². The highest BCUT2D eigenvalue weighted by atomic mass is 79.9. The number of sulfone groups is 1. The van der Waals surface area contributed by atoms with Crippen molar-refractivity contribution in [3.05, 3.63) is 70.0 Å². The maximum absolute atomic E-state index is 12.2. The number of rotatable bonds is 3. The van der Waals surface area contributed by atoms with Crippen molar-refractivity contribution in [2.24, 2.45) is 0 Å². The quantitative estimate of drug-likeness (QED) is 0.860. The molecule has 0 atom stereocenters. The molecule has 2 aromatic rings. The third-order valence-electron chi connectivity index (χ3n) is 2.39. The SMILES string of the molecule is O=S(=O)(C(Br)=Cc1ccccc1)c1ccccc1. The van der Waals surface area contributed by atoms with Gasteiger partial charge in [-0.2, -0.15) is 0 Å². The summed E-state index contributed by atoms with van der Waals surface area (Å²) in [6.07, 6.45) is 1.60. The molecule has 0 aliphatic heterocycles. The zero-order valence-corrected chi connectivity index (χ0v) is 11.9. The number of hydrogen-bond acceptors (Lipinski definition) is 2. The van der Waals surface area contributed by atoms with Crippen LogP contribution >= 0.6 is 15.9 Å². The predicted molar refractivity (Wildman–Crippen MR) is 77.0 cm³/mol. The summed E-state index contributed by atoms with van der Waals surface area (Å²) in [6.45, 7) is 0. The minimum absolute atomic E-state index is 0.160. The summed E-state index contributed by atoms with van der Waals surface area (Å²) in [5.74, 6) is 0. The summed E-state index contributed by atoms with van der Waals surface area (Å²) in [6, 6.07) is 17.7. The first-order chi connectivity index (χ1) is 8.60. The van der Waals surface area contributed by atoms with Crippen LogP contribution in [-0.2, 0) is 9.84 Å². The second-order valence-electron chi connectivity index (χ2n) is 3.68. The highest BCUT2D eigenvalue weighted by Crippen LogP contribution is 2.25. The van der Waals surface area contributed by atoms with Crippen LogP contribution in [0.5, 0.6) is 0 Å². The van der Waals surface area contributed by atoms with Crippen molar-refractivity contribution in [2.45, 2.75) is 4.90 Å². The van der Waals surface area contributed by atoms with E-state index >= 15 is 0 Å². The maximum Gasteiger partial charge on any atom is 0.213 e. The topological polar surface area (TPSA) is 34.1 Å². The van der Waals surface area contributed by atoms with Crippen LogP contribution in [0.15, 0.2) is 69.4 Å². The molecule has 0 amide bonds. The van der Waals surface area contributed by atoms with Gasteiger partial charge in [0.25, 0.3) is 0 Å². The summed E-state index contributed by atoms with van der Waals surface area (Å²) >= 11 is 3.15. The van der Waals surface area contributed by atoms with Gasteiger partial charge >= 0.3 is 0 Å². The normalized spacial score (nSPS) is 12.4. The van der Waals surface area contributed by atoms with Gasteiger partial charge in [0.1, 0.15) is 3.81 Å². The molecule has 0 bridgehead atoms. The molecular weight excluding hydrogens is 312 g/mol. The summed E-state index contributed by atoms with van der Waals surface area (Å²) in [4.78, 5) is 0.282. The average Bonchev–Trinajstić information content (AvgIpc) is 2.41. The molecule has 18 heavy (non-hydrogen) atoms. The van der Waals surface area contributed by atoms with Gasteiger partial charge < -0.3 is 0 Å². The van der Waals surface area contributed by atoms with Gasteiger partial charge in [-0.3, -0.25) is 0 Å². The van der Waals surface area contributed by atoms with Gasteiger partial charge in [0.2, 0.25) is 9.84 Å². The van der Waals surface area contributed by atoms with Gasteiger partial charge in [-0.1, -0.05) is 48.5 Å². The molecule has 0 fully saturated rings. The third-order valence-corrected chi connectivity index (χ3v) is 5.42. The van der Waals surface area contributed by atoms with Crippen LogP contribution in [0.4, 0.5) is 0 Å². The highest BCUT2D eigenvalue weighted by Gasteiger charge is 2.17. The van der Waals surface area contributed by atoms with Crippen LogP contribution in [0.1, 0.15) is 5.56 Å². The Morgan fingerprint density at radius 3 is 1.94 bits per heavy atom. The van der Waals surface area contributed by atoms with Crippen LogP contribution in [0.3, 0.4) is 0 Å². The van der Waals surface area contributed by atoms with Crippen LogP contribution in [0.2, 0.25) is 0 Å². The lowest BCUT2D eigenvalue weighted by Gasteiger charge is -2.03. The Hall–Kier alpha value is -1.39. The van der Waals surface area contributed by atoms with E-state index < -0.39 is 9.84 Å². The van der Waals surface area contributed by atoms with Crippen LogP contribution in [-0.4, -0.2) is 8.42 Å². The van der Waals surface area contributed by atoms with E-state index in [9.17, 15) is 8.42 Å². The molecule has 2 nitrogen and oxygen atoms in total. The van der Waals surface area contributed by atoms with Crippen molar-refractivity contribution in [3.8, 4) is 0 Å². The molecule has 0 unspecified atom stereocenters. The molecule has 0 aliphatic rings. The summed E-state index contributed by atoms with van der Waals surface area (Å²) in [7, 11) is -3.46. The number of hydrogen-bond donors (Lipinski definition) is 0. The zero-order chi connectivity index (χ0) is 13.0. The summed E-state index contributed by atoms with van der Waals surface area (Å²) in [5, 5.41) is 0. The molecule has 0 saturated heterocycles. The first-order valence-corrected chi connectivity index (χ1v) is 7.61. The molecule has 2 aromatic carbocycles. The Morgan fingerprint density at radius 2 is 1.39 bits per heavy atom. The molecule has 0 aromatic heterocycles. The third kappa shape index (κ3) is 2.89. The van der Waals surface area contributed by atoms with Gasteiger partial charge in [0, 0.05) is 0 Å². The monoisotopic (exact) mass is 322 g/mol. The molecular formula is C14H11BrO2S. The zero-order valence-electron chi connectivity index (χ0n) is 9.45. The summed E-state index contributed by atoms with van der Waals surface area (Å²) < 4.78 is 24.6. The largest absolute Gasteiger partial charge is 0.218 e. The van der Waals surface area contributed by atoms with E-state index in [1.165, 1.54) is 0 Å². The first kappa shape index (κ1) is 13.1. The lowest BCUT2D eigenvalue weighted by atomic mass is 10.2. The van der Waals surface area contributed by atoms with E-state index in [0.29, 0.717) is 0 Å². The van der Waals surface area contributed by atoms with Crippen molar-refractivity contribution in [2.75, 3.05) is 0 Å². The van der Waals surface area contributed by atoms with Crippen LogP contribution in [0, 0.1) is 0 Å². The van der Waals surface area contributed by atoms with Gasteiger partial charge in [-0.05, 0) is 39.7 Å². The molecule has 92 valence electrons. The fourth-order valence-electron chi connectivity index (χ4n) is 1.47. The minimum atomic E-state index is -3.46. The molecule has 0 saturated carbocycles. The number of benzene rings is 2. The Bertz CT molecular complexity index is 647. The molecule has 0 radical (unpaired) electrons. The van der Waals surface area contributed by atoms with E-state index in [4.69, 9.17) is 0 Å². The van der Waals surface area contributed by atoms with Crippen molar-refractivity contribution in [1.82, 2.24) is 0 Å². The van der Waals surface area contributed by atoms with Crippen molar-refractivity contribution in [1.29, 1.82) is 0 Å². The lowest BCUT2D eigenvalue weighted by molar-refractivity contribution is 0.604. The molecule has 0 N–H and O–H groups in total. The van der Waals surface area contributed by atoms with Gasteiger partial charge in [0.05, 0.1) is 4.90 Å². The second-order valence-corrected chi connectivity index (χ2v) is 6.97. The molecule has 0 aliphatic carbocycles. The Balaban J connectivity index is 2.40. The lowest BCUT2D eigenvalue weighted by Crippen LogP contribution is -1.99. The molecule has 0 heterocycles. The van der Waals surface area contributed by atoms with Crippen LogP contribution < -0.4 is 0 Å². The second kappa shape index (κ2) is 5.50. The Morgan fingerprint density at radius 1 is 0.889 bits per heavy atom. The van der Waals surface area contributed by atoms with Crippen molar-refractivity contribution < 1.29 is 8.42 Å². The van der Waals surface area contributed by atoms with Crippen LogP contribution in [0.25, 0.3) is 6.08 Å². The van der Waals surface area contributed by atoms with Gasteiger partial charge in [-0.25, -0.2) is 8.42 Å². The van der Waals surface area contributed by atoms with E-state index in [0.717, 1.165) is 5.56 Å². The standard InChI is InChI=1S/C14H11BrO2S/c15-14(11-12-7-3-1-4-8-12)18(16,17)13-9-5-2-6-10-13/h1-11H. The molecule has 4 heteroatoms. The fraction of sp³-hybridized carbons (Fsp3) is 0. The minimum Gasteiger partial charge on any atom is -0.218 e. The number of halogens is 1. The van der Waals surface area contributed by atoms with Gasteiger partial charge in [0.15, 0.2) is 0 Å². The molecule has 0 spiro atoms. The summed E-state index contributed by atoms with van der Waals surface area (Å²) in [5.41, 5.74) is 0.837. The predicted octanol–water partition coefficient (Wildman–Crippen LogP) is 3.85. The van der Waals surface area contributed by atoms with Gasteiger partial charge in [-0.15, -0.1) is 0 Å². The molecule has 2 rings (SSSR count). The first-order valence-electron chi connectivity index (χ1n) is 5.33. The fourth-order valence-corrected chi connectivity index (χ4v) is 3.33. The highest BCUT2D eigenvalue weighted by molar-refractivity contribution is 9.13. The van der Waals surface area contributed by atoms with E-state index in [-0.39, 0.29) is 8.71 Å². The van der Waals surface area contributed by atoms with Crippen molar-refractivity contribution in [3.63, 3.8) is 0 Å². The average molecular weight is 323 g/mol.